The Morgan fingerprint density at radius 1 is 1.22 bits per heavy atom. The number of nitrogens with zero attached hydrogens (tertiary/aromatic N) is 2. The van der Waals surface area contributed by atoms with E-state index in [0.29, 0.717) is 18.7 Å². The monoisotopic (exact) mass is 375 g/mol. The fourth-order valence-corrected chi connectivity index (χ4v) is 3.54. The summed E-state index contributed by atoms with van der Waals surface area (Å²) in [6, 6.07) is 4.81. The van der Waals surface area contributed by atoms with Gasteiger partial charge in [-0.2, -0.15) is 0 Å². The molecule has 0 spiro atoms. The lowest BCUT2D eigenvalue weighted by Gasteiger charge is -2.46. The Hall–Kier alpha value is -2.77. The second-order valence-electron chi connectivity index (χ2n) is 7.89. The average Bonchev–Trinajstić information content (AvgIpc) is 2.55. The summed E-state index contributed by atoms with van der Waals surface area (Å²) in [6.45, 7) is 5.87. The number of urea groups is 1. The quantitative estimate of drug-likeness (QED) is 0.828. The Morgan fingerprint density at radius 2 is 1.89 bits per heavy atom. The molecule has 0 radical (unpaired) electrons. The van der Waals surface area contributed by atoms with Crippen LogP contribution in [0.5, 0.6) is 5.75 Å². The van der Waals surface area contributed by atoms with Crippen LogP contribution in [0.3, 0.4) is 0 Å². The van der Waals surface area contributed by atoms with Crippen LogP contribution in [-0.4, -0.2) is 52.3 Å². The maximum absolute atomic E-state index is 12.9. The first kappa shape index (κ1) is 19.0. The number of piperidine rings is 1. The third kappa shape index (κ3) is 4.15. The number of nitrogens with one attached hydrogen (secondary N) is 1. The van der Waals surface area contributed by atoms with E-state index in [9.17, 15) is 19.5 Å². The topological polar surface area (TPSA) is 99.2 Å². The van der Waals surface area contributed by atoms with Crippen molar-refractivity contribution in [3.8, 4) is 5.75 Å². The average molecular weight is 375 g/mol. The van der Waals surface area contributed by atoms with Gasteiger partial charge in [-0.05, 0) is 57.9 Å². The number of aromatic hydroxyl groups is 1. The Morgan fingerprint density at radius 3 is 2.52 bits per heavy atom. The highest BCUT2D eigenvalue weighted by atomic mass is 16.6. The zero-order valence-corrected chi connectivity index (χ0v) is 15.8. The number of alkyl carbamates (subject to hydrolysis) is 1. The summed E-state index contributed by atoms with van der Waals surface area (Å²) in [5.41, 5.74) is -0.199. The van der Waals surface area contributed by atoms with Gasteiger partial charge in [-0.25, -0.2) is 14.5 Å². The Labute approximate surface area is 158 Å². The highest BCUT2D eigenvalue weighted by molar-refractivity contribution is 6.16. The first-order chi connectivity index (χ1) is 12.7. The number of carbonyl (C=O) groups is 3. The zero-order valence-electron chi connectivity index (χ0n) is 15.8. The van der Waals surface area contributed by atoms with Crippen molar-refractivity contribution in [2.75, 3.05) is 11.4 Å². The number of phenolic OH excluding ortho intramolecular Hbond substituents is 1. The zero-order chi connectivity index (χ0) is 19.8. The predicted octanol–water partition coefficient (Wildman–Crippen LogP) is 2.61. The molecule has 2 N–H and O–H groups in total. The molecule has 0 aromatic heterocycles. The van der Waals surface area contributed by atoms with Crippen molar-refractivity contribution in [1.82, 2.24) is 10.2 Å². The number of rotatable bonds is 2. The summed E-state index contributed by atoms with van der Waals surface area (Å²) in [5.74, 6) is -0.266. The molecule has 3 rings (SSSR count). The fourth-order valence-electron chi connectivity index (χ4n) is 3.54. The van der Waals surface area contributed by atoms with Crippen LogP contribution in [0.1, 0.15) is 40.0 Å². The summed E-state index contributed by atoms with van der Waals surface area (Å²) in [7, 11) is 0. The molecule has 8 heteroatoms. The molecule has 2 aliphatic rings. The predicted molar refractivity (Wildman–Crippen MR) is 98.5 cm³/mol. The number of fused-ring (bicyclic) bond motifs is 1. The van der Waals surface area contributed by atoms with Crippen LogP contribution in [0.2, 0.25) is 0 Å². The van der Waals surface area contributed by atoms with Crippen molar-refractivity contribution in [2.24, 2.45) is 0 Å². The highest BCUT2D eigenvalue weighted by Crippen LogP contribution is 2.30. The van der Waals surface area contributed by atoms with Crippen LogP contribution >= 0.6 is 0 Å². The van der Waals surface area contributed by atoms with Crippen LogP contribution < -0.4 is 10.2 Å². The standard InChI is InChI=1S/C19H25N3O5/c1-19(2,3)27-17(25)20-14-5-4-10-21-15(14)11-16(24)22(18(21)26)12-6-8-13(23)9-7-12/h6-9,14-15,23H,4-5,10-11H2,1-3H3,(H,20,25). The molecule has 2 heterocycles. The van der Waals surface area contributed by atoms with Gasteiger partial charge in [0.2, 0.25) is 5.91 Å². The minimum absolute atomic E-state index is 0.0631. The normalized spacial score (nSPS) is 23.1. The van der Waals surface area contributed by atoms with Crippen LogP contribution in [0, 0.1) is 0 Å². The lowest BCUT2D eigenvalue weighted by Crippen LogP contribution is -2.65. The molecule has 2 aliphatic heterocycles. The largest absolute Gasteiger partial charge is 0.508 e. The van der Waals surface area contributed by atoms with Crippen LogP contribution in [0.25, 0.3) is 0 Å². The molecule has 8 nitrogen and oxygen atoms in total. The number of benzene rings is 1. The van der Waals surface area contributed by atoms with Gasteiger partial charge in [0, 0.05) is 6.54 Å². The molecule has 1 aromatic rings. The maximum Gasteiger partial charge on any atom is 0.407 e. The van der Waals surface area contributed by atoms with Gasteiger partial charge in [0.15, 0.2) is 0 Å². The van der Waals surface area contributed by atoms with Gasteiger partial charge in [-0.1, -0.05) is 0 Å². The molecule has 0 saturated carbocycles. The molecule has 27 heavy (non-hydrogen) atoms. The minimum Gasteiger partial charge on any atom is -0.508 e. The molecule has 146 valence electrons. The summed E-state index contributed by atoms with van der Waals surface area (Å²) in [6.07, 6.45) is 0.975. The summed E-state index contributed by atoms with van der Waals surface area (Å²) < 4.78 is 5.30. The van der Waals surface area contributed by atoms with Gasteiger partial charge in [0.25, 0.3) is 0 Å². The van der Waals surface area contributed by atoms with Crippen molar-refractivity contribution < 1.29 is 24.2 Å². The second-order valence-corrected chi connectivity index (χ2v) is 7.89. The van der Waals surface area contributed by atoms with Crippen molar-refractivity contribution in [3.05, 3.63) is 24.3 Å². The molecule has 4 amide bonds. The van der Waals surface area contributed by atoms with E-state index in [4.69, 9.17) is 4.74 Å². The van der Waals surface area contributed by atoms with Gasteiger partial charge in [0.1, 0.15) is 11.4 Å². The highest BCUT2D eigenvalue weighted by Gasteiger charge is 2.45. The van der Waals surface area contributed by atoms with Crippen molar-refractivity contribution >= 4 is 23.7 Å². The van der Waals surface area contributed by atoms with Crippen LogP contribution in [0.15, 0.2) is 24.3 Å². The number of ether oxygens (including phenoxy) is 1. The molecule has 0 bridgehead atoms. The van der Waals surface area contributed by atoms with Crippen LogP contribution in [-0.2, 0) is 9.53 Å². The number of anilines is 1. The number of phenols is 1. The minimum atomic E-state index is -0.619. The van der Waals surface area contributed by atoms with E-state index in [0.717, 1.165) is 11.3 Å². The fraction of sp³-hybridized carbons (Fsp3) is 0.526. The van der Waals surface area contributed by atoms with Crippen molar-refractivity contribution in [1.29, 1.82) is 0 Å². The number of imide groups is 1. The van der Waals surface area contributed by atoms with Crippen molar-refractivity contribution in [2.45, 2.75) is 57.7 Å². The third-order valence-electron chi connectivity index (χ3n) is 4.66. The third-order valence-corrected chi connectivity index (χ3v) is 4.66. The number of hydrogen-bond acceptors (Lipinski definition) is 5. The molecule has 2 fully saturated rings. The molecular weight excluding hydrogens is 350 g/mol. The lowest BCUT2D eigenvalue weighted by atomic mass is 9.91. The van der Waals surface area contributed by atoms with Gasteiger partial charge < -0.3 is 20.1 Å². The molecule has 2 atom stereocenters. The smallest absolute Gasteiger partial charge is 0.407 e. The molecule has 2 saturated heterocycles. The van der Waals surface area contributed by atoms with Gasteiger partial charge in [-0.15, -0.1) is 0 Å². The summed E-state index contributed by atoms with van der Waals surface area (Å²) >= 11 is 0. The van der Waals surface area contributed by atoms with E-state index in [2.05, 4.69) is 5.32 Å². The van der Waals surface area contributed by atoms with E-state index >= 15 is 0 Å². The number of hydrogen-bond donors (Lipinski definition) is 2. The van der Waals surface area contributed by atoms with Crippen molar-refractivity contribution in [3.63, 3.8) is 0 Å². The molecule has 1 aromatic carbocycles. The first-order valence-corrected chi connectivity index (χ1v) is 9.08. The first-order valence-electron chi connectivity index (χ1n) is 9.08. The number of carbonyl (C=O) groups excluding carboxylic acids is 3. The SMILES string of the molecule is CC(C)(C)OC(=O)NC1CCCN2C(=O)N(c3ccc(O)cc3)C(=O)CC12. The lowest BCUT2D eigenvalue weighted by molar-refractivity contribution is -0.121. The summed E-state index contributed by atoms with van der Waals surface area (Å²) in [5, 5.41) is 12.2. The maximum atomic E-state index is 12.9. The Bertz CT molecular complexity index is 741. The van der Waals surface area contributed by atoms with E-state index in [-0.39, 0.29) is 30.2 Å². The van der Waals surface area contributed by atoms with E-state index in [1.54, 1.807) is 25.7 Å². The van der Waals surface area contributed by atoms with Gasteiger partial charge >= 0.3 is 12.1 Å². The molecule has 0 aliphatic carbocycles. The van der Waals surface area contributed by atoms with E-state index in [1.165, 1.54) is 24.3 Å². The molecular formula is C19H25N3O5. The number of amides is 4. The van der Waals surface area contributed by atoms with Gasteiger partial charge in [-0.3, -0.25) is 4.79 Å². The Balaban J connectivity index is 1.76. The van der Waals surface area contributed by atoms with E-state index in [1.807, 2.05) is 0 Å². The Kier molecular flexibility index (Phi) is 4.99. The second kappa shape index (κ2) is 7.09. The summed E-state index contributed by atoms with van der Waals surface area (Å²) in [4.78, 5) is 40.5. The van der Waals surface area contributed by atoms with Crippen LogP contribution in [0.4, 0.5) is 15.3 Å². The van der Waals surface area contributed by atoms with E-state index < -0.39 is 17.7 Å². The van der Waals surface area contributed by atoms with Gasteiger partial charge in [0.05, 0.1) is 24.2 Å². The molecule has 2 unspecified atom stereocenters.